The van der Waals surface area contributed by atoms with Gasteiger partial charge in [-0.15, -0.1) is 0 Å². The van der Waals surface area contributed by atoms with Crippen molar-refractivity contribution in [2.75, 3.05) is 5.75 Å². The van der Waals surface area contributed by atoms with Crippen molar-refractivity contribution in [3.8, 4) is 0 Å². The first-order valence-electron chi connectivity index (χ1n) is 12.7. The average Bonchev–Trinajstić information content (AvgIpc) is 2.86. The highest BCUT2D eigenvalue weighted by Gasteiger charge is 2.75. The Hall–Kier alpha value is -2.64. The lowest BCUT2D eigenvalue weighted by Crippen LogP contribution is -2.64. The Morgan fingerprint density at radius 1 is 0.850 bits per heavy atom. The lowest BCUT2D eigenvalue weighted by molar-refractivity contribution is -0.362. The lowest BCUT2D eigenvalue weighted by Gasteiger charge is -2.54. The van der Waals surface area contributed by atoms with Gasteiger partial charge in [-0.3, -0.25) is 4.79 Å². The molecule has 218 valence electrons. The molecule has 1 fully saturated rings. The van der Waals surface area contributed by atoms with Crippen LogP contribution in [0.25, 0.3) is 0 Å². The number of aliphatic hydroxyl groups excluding tert-OH is 1. The molecule has 4 unspecified atom stereocenters. The Kier molecular flexibility index (Phi) is 7.02. The topological polar surface area (TPSA) is 104 Å². The van der Waals surface area contributed by atoms with Crippen molar-refractivity contribution in [2.45, 2.75) is 61.6 Å². The van der Waals surface area contributed by atoms with E-state index in [1.807, 2.05) is 0 Å². The molecule has 0 heterocycles. The summed E-state index contributed by atoms with van der Waals surface area (Å²) >= 11 is 0. The van der Waals surface area contributed by atoms with Gasteiger partial charge in [-0.2, -0.15) is 26.3 Å². The third-order valence-corrected chi connectivity index (χ3v) is 9.37. The molecule has 0 aliphatic heterocycles. The smallest absolute Gasteiger partial charge is 0.438 e. The van der Waals surface area contributed by atoms with E-state index in [-0.39, 0.29) is 0 Å². The largest absolute Gasteiger partial charge is 0.748 e. The molecule has 4 aliphatic rings. The second-order valence-corrected chi connectivity index (χ2v) is 12.2. The molecule has 13 heteroatoms. The quantitative estimate of drug-likeness (QED) is 0.298. The third-order valence-electron chi connectivity index (χ3n) is 8.61. The molecule has 0 spiro atoms. The summed E-state index contributed by atoms with van der Waals surface area (Å²) in [5.41, 5.74) is -3.02. The number of carbonyl (C=O) groups excluding carboxylic acids is 1. The predicted octanol–water partition coefficient (Wildman–Crippen LogP) is 5.01. The van der Waals surface area contributed by atoms with E-state index < -0.39 is 75.5 Å². The molecule has 2 aromatic rings. The molecule has 6 rings (SSSR count). The zero-order valence-electron chi connectivity index (χ0n) is 20.8. The molecule has 1 N–H and O–H groups in total. The summed E-state index contributed by atoms with van der Waals surface area (Å²) in [7, 11) is -6.18. The first-order valence-corrected chi connectivity index (χ1v) is 14.3. The van der Waals surface area contributed by atoms with Crippen molar-refractivity contribution >= 4 is 16.1 Å². The van der Waals surface area contributed by atoms with E-state index in [1.165, 1.54) is 0 Å². The molecule has 0 radical (unpaired) electrons. The number of halogens is 6. The van der Waals surface area contributed by atoms with Crippen LogP contribution in [0.5, 0.6) is 0 Å². The number of benzene rings is 2. The van der Waals surface area contributed by atoms with E-state index in [1.54, 1.807) is 48.5 Å². The fourth-order valence-electron chi connectivity index (χ4n) is 7.07. The molecule has 1 saturated carbocycles. The highest BCUT2D eigenvalue weighted by molar-refractivity contribution is 7.85. The van der Waals surface area contributed by atoms with Gasteiger partial charge in [0.1, 0.15) is 0 Å². The molecular weight excluding hydrogens is 566 g/mol. The van der Waals surface area contributed by atoms with Crippen LogP contribution in [0.3, 0.4) is 0 Å². The molecule has 4 aliphatic carbocycles. The molecule has 4 atom stereocenters. The van der Waals surface area contributed by atoms with E-state index in [4.69, 9.17) is 0 Å². The number of ether oxygens (including phenoxy) is 1. The Morgan fingerprint density at radius 2 is 1.30 bits per heavy atom. The summed E-state index contributed by atoms with van der Waals surface area (Å²) < 4.78 is 123. The monoisotopic (exact) mass is 591 g/mol. The van der Waals surface area contributed by atoms with Gasteiger partial charge >= 0.3 is 23.9 Å². The second-order valence-electron chi connectivity index (χ2n) is 10.8. The van der Waals surface area contributed by atoms with Gasteiger partial charge in [0.15, 0.2) is 0 Å². The summed E-state index contributed by atoms with van der Waals surface area (Å²) in [6, 6.07) is 13.6. The SMILES string of the molecule is O=C(OC(CS(=O)(=O)[O-])(C(F)(F)F)C(F)(F)F)C1C2c3ccccc3C(c3ccccc32)C1C1CCCCC1O. The third kappa shape index (κ3) is 4.59. The van der Waals surface area contributed by atoms with Crippen molar-refractivity contribution in [1.29, 1.82) is 0 Å². The van der Waals surface area contributed by atoms with E-state index in [2.05, 4.69) is 4.74 Å². The van der Waals surface area contributed by atoms with Crippen LogP contribution in [0.2, 0.25) is 0 Å². The number of rotatable bonds is 5. The predicted molar refractivity (Wildman–Crippen MR) is 127 cm³/mol. The molecular formula is C27H25F6O6S-. The van der Waals surface area contributed by atoms with Gasteiger partial charge in [0.05, 0.1) is 27.9 Å². The Balaban J connectivity index is 1.70. The standard InChI is InChI=1S/C27H26F6O6S/c28-26(29,30)25(27(31,32)33,13-40(36,37)38)39-24(35)23-21-16-9-3-1-7-14(16)20(15-8-2-4-10-17(15)21)22(23)18-11-5-6-12-19(18)34/h1-4,7-10,18-23,34H,5-6,11-13H2,(H,36,37,38)/p-1. The first kappa shape index (κ1) is 28.9. The van der Waals surface area contributed by atoms with Crippen LogP contribution in [0, 0.1) is 17.8 Å². The van der Waals surface area contributed by atoms with Gasteiger partial charge in [0.25, 0.3) is 0 Å². The van der Waals surface area contributed by atoms with Crippen LogP contribution in [0.1, 0.15) is 59.8 Å². The van der Waals surface area contributed by atoms with Gasteiger partial charge in [-0.1, -0.05) is 61.4 Å². The van der Waals surface area contributed by atoms with Gasteiger partial charge < -0.3 is 14.4 Å². The first-order chi connectivity index (χ1) is 18.6. The van der Waals surface area contributed by atoms with Gasteiger partial charge in [0.2, 0.25) is 0 Å². The highest BCUT2D eigenvalue weighted by atomic mass is 32.2. The van der Waals surface area contributed by atoms with E-state index in [9.17, 15) is 49.2 Å². The van der Waals surface area contributed by atoms with Crippen molar-refractivity contribution in [1.82, 2.24) is 0 Å². The average molecular weight is 592 g/mol. The number of aliphatic hydroxyl groups is 1. The summed E-state index contributed by atoms with van der Waals surface area (Å²) in [6.07, 6.45) is -11.9. The Bertz CT molecular complexity index is 1340. The van der Waals surface area contributed by atoms with Crippen molar-refractivity contribution in [2.24, 2.45) is 17.8 Å². The summed E-state index contributed by atoms with van der Waals surface area (Å²) in [5.74, 6) is -9.86. The number of hydrogen-bond acceptors (Lipinski definition) is 6. The molecule has 2 aromatic carbocycles. The van der Waals surface area contributed by atoms with Gasteiger partial charge in [-0.25, -0.2) is 8.42 Å². The van der Waals surface area contributed by atoms with E-state index >= 15 is 0 Å². The number of alkyl halides is 6. The molecule has 6 nitrogen and oxygen atoms in total. The number of fused-ring (bicyclic) bond motifs is 1. The number of hydrogen-bond donors (Lipinski definition) is 1. The summed E-state index contributed by atoms with van der Waals surface area (Å²) in [4.78, 5) is 13.8. The van der Waals surface area contributed by atoms with Crippen molar-refractivity contribution < 1.29 is 54.0 Å². The Morgan fingerprint density at radius 3 is 1.73 bits per heavy atom. The fraction of sp³-hybridized carbons (Fsp3) is 0.519. The normalized spacial score (nSPS) is 28.5. The Labute approximate surface area is 226 Å². The van der Waals surface area contributed by atoms with Crippen LogP contribution in [0.15, 0.2) is 48.5 Å². The molecule has 0 aromatic heterocycles. The maximum Gasteiger partial charge on any atom is 0.438 e. The molecule has 0 amide bonds. The molecule has 2 bridgehead atoms. The van der Waals surface area contributed by atoms with Gasteiger partial charge in [0, 0.05) is 11.8 Å². The van der Waals surface area contributed by atoms with Crippen LogP contribution < -0.4 is 0 Å². The zero-order valence-corrected chi connectivity index (χ0v) is 21.6. The number of esters is 1. The summed E-state index contributed by atoms with van der Waals surface area (Å²) in [6.45, 7) is 0. The minimum Gasteiger partial charge on any atom is -0.748 e. The lowest BCUT2D eigenvalue weighted by atomic mass is 9.50. The fourth-order valence-corrected chi connectivity index (χ4v) is 7.96. The van der Waals surface area contributed by atoms with Crippen LogP contribution in [0.4, 0.5) is 26.3 Å². The summed E-state index contributed by atoms with van der Waals surface area (Å²) in [5, 5.41) is 11.0. The van der Waals surface area contributed by atoms with E-state index in [0.29, 0.717) is 36.8 Å². The minimum atomic E-state index is -6.47. The zero-order chi connectivity index (χ0) is 29.3. The number of carbonyl (C=O) groups is 1. The maximum absolute atomic E-state index is 14.1. The molecule has 0 saturated heterocycles. The minimum absolute atomic E-state index is 0.340. The van der Waals surface area contributed by atoms with Crippen LogP contribution >= 0.6 is 0 Å². The van der Waals surface area contributed by atoms with Crippen LogP contribution in [-0.4, -0.2) is 53.9 Å². The second kappa shape index (κ2) is 9.73. The van der Waals surface area contributed by atoms with Crippen molar-refractivity contribution in [3.05, 3.63) is 70.8 Å². The van der Waals surface area contributed by atoms with Gasteiger partial charge in [-0.05, 0) is 46.9 Å². The highest BCUT2D eigenvalue weighted by Crippen LogP contribution is 2.62. The molecule has 40 heavy (non-hydrogen) atoms. The van der Waals surface area contributed by atoms with E-state index in [0.717, 1.165) is 11.1 Å². The van der Waals surface area contributed by atoms with Crippen LogP contribution in [-0.2, 0) is 19.6 Å². The van der Waals surface area contributed by atoms with Crippen molar-refractivity contribution in [3.63, 3.8) is 0 Å². The maximum atomic E-state index is 14.1.